The first-order chi connectivity index (χ1) is 13.0. The van der Waals surface area contributed by atoms with E-state index in [2.05, 4.69) is 0 Å². The van der Waals surface area contributed by atoms with Crippen molar-refractivity contribution in [2.75, 3.05) is 32.9 Å². The Labute approximate surface area is 156 Å². The molecule has 7 nitrogen and oxygen atoms in total. The van der Waals surface area contributed by atoms with Gasteiger partial charge in [0.05, 0.1) is 19.3 Å². The third kappa shape index (κ3) is 3.99. The molecule has 4 rings (SSSR count). The average Bonchev–Trinajstić information content (AvgIpc) is 2.65. The van der Waals surface area contributed by atoms with E-state index < -0.39 is 11.2 Å². The fraction of sp³-hybridized carbons (Fsp3) is 0.500. The highest BCUT2D eigenvalue weighted by atomic mass is 16.6. The lowest BCUT2D eigenvalue weighted by molar-refractivity contribution is -0.199. The van der Waals surface area contributed by atoms with E-state index in [-0.39, 0.29) is 18.6 Å². The normalized spacial score (nSPS) is 25.7. The molecular weight excluding hydrogens is 350 g/mol. The van der Waals surface area contributed by atoms with E-state index >= 15 is 0 Å². The van der Waals surface area contributed by atoms with E-state index in [0.29, 0.717) is 31.0 Å². The quantitative estimate of drug-likeness (QED) is 0.766. The van der Waals surface area contributed by atoms with Gasteiger partial charge in [-0.1, -0.05) is 0 Å². The number of hydrogen-bond acceptors (Lipinski definition) is 6. The van der Waals surface area contributed by atoms with Crippen LogP contribution in [0.1, 0.15) is 19.8 Å². The lowest BCUT2D eigenvalue weighted by Gasteiger charge is -2.47. The van der Waals surface area contributed by atoms with Gasteiger partial charge in [-0.05, 0) is 38.0 Å². The number of nitrogens with zero attached hydrogens (tertiary/aromatic N) is 1. The molecule has 0 bridgehead atoms. The number of benzene rings is 1. The second kappa shape index (κ2) is 7.32. The SMILES string of the molecule is C[C@@H]1CN(C(=O)COc2ccc3ccc(=O)oc3c2)C[C@@]2(CCCOC2)O1. The fourth-order valence-corrected chi connectivity index (χ4v) is 3.83. The van der Waals surface area contributed by atoms with E-state index in [9.17, 15) is 9.59 Å². The number of amides is 1. The van der Waals surface area contributed by atoms with E-state index in [0.717, 1.165) is 24.8 Å². The third-order valence-corrected chi connectivity index (χ3v) is 5.00. The summed E-state index contributed by atoms with van der Waals surface area (Å²) in [6.45, 7) is 4.22. The van der Waals surface area contributed by atoms with Gasteiger partial charge in [-0.25, -0.2) is 4.79 Å². The Bertz CT molecular complexity index is 885. The summed E-state index contributed by atoms with van der Waals surface area (Å²) >= 11 is 0. The molecule has 27 heavy (non-hydrogen) atoms. The summed E-state index contributed by atoms with van der Waals surface area (Å²) < 4.78 is 22.5. The van der Waals surface area contributed by atoms with Gasteiger partial charge in [-0.15, -0.1) is 0 Å². The van der Waals surface area contributed by atoms with Gasteiger partial charge in [0, 0.05) is 30.7 Å². The molecule has 7 heteroatoms. The Morgan fingerprint density at radius 3 is 3.00 bits per heavy atom. The third-order valence-electron chi connectivity index (χ3n) is 5.00. The van der Waals surface area contributed by atoms with Crippen LogP contribution in [0.25, 0.3) is 11.0 Å². The summed E-state index contributed by atoms with van der Waals surface area (Å²) in [5, 5.41) is 0.800. The average molecular weight is 373 g/mol. The number of hydrogen-bond donors (Lipinski definition) is 0. The van der Waals surface area contributed by atoms with Crippen molar-refractivity contribution in [2.45, 2.75) is 31.5 Å². The van der Waals surface area contributed by atoms with Gasteiger partial charge in [-0.2, -0.15) is 0 Å². The highest BCUT2D eigenvalue weighted by molar-refractivity contribution is 5.79. The monoisotopic (exact) mass is 373 g/mol. The summed E-state index contributed by atoms with van der Waals surface area (Å²) in [6.07, 6.45) is 1.79. The van der Waals surface area contributed by atoms with Gasteiger partial charge >= 0.3 is 5.63 Å². The Balaban J connectivity index is 1.42. The largest absolute Gasteiger partial charge is 0.484 e. The Kier molecular flexibility index (Phi) is 4.88. The molecule has 0 unspecified atom stereocenters. The van der Waals surface area contributed by atoms with Crippen LogP contribution >= 0.6 is 0 Å². The van der Waals surface area contributed by atoms with Crippen molar-refractivity contribution in [1.82, 2.24) is 4.90 Å². The maximum atomic E-state index is 12.7. The molecular formula is C20H23NO6. The van der Waals surface area contributed by atoms with Crippen LogP contribution in [0.5, 0.6) is 5.75 Å². The zero-order chi connectivity index (χ0) is 18.9. The van der Waals surface area contributed by atoms with Gasteiger partial charge < -0.3 is 23.5 Å². The van der Waals surface area contributed by atoms with Crippen molar-refractivity contribution in [3.8, 4) is 5.75 Å². The molecule has 1 aromatic carbocycles. The Morgan fingerprint density at radius 2 is 2.19 bits per heavy atom. The minimum atomic E-state index is -0.418. The summed E-state index contributed by atoms with van der Waals surface area (Å²) in [4.78, 5) is 25.8. The number of carbonyl (C=O) groups excluding carboxylic acids is 1. The molecule has 1 aromatic heterocycles. The highest BCUT2D eigenvalue weighted by Crippen LogP contribution is 2.30. The topological polar surface area (TPSA) is 78.2 Å². The highest BCUT2D eigenvalue weighted by Gasteiger charge is 2.42. The zero-order valence-corrected chi connectivity index (χ0v) is 15.3. The van der Waals surface area contributed by atoms with Crippen LogP contribution < -0.4 is 10.4 Å². The van der Waals surface area contributed by atoms with E-state index in [1.807, 2.05) is 6.92 Å². The molecule has 0 N–H and O–H groups in total. The molecule has 2 aliphatic heterocycles. The van der Waals surface area contributed by atoms with Crippen molar-refractivity contribution in [3.63, 3.8) is 0 Å². The molecule has 0 saturated carbocycles. The molecule has 2 aromatic rings. The lowest BCUT2D eigenvalue weighted by Crippen LogP contribution is -2.60. The van der Waals surface area contributed by atoms with Gasteiger partial charge in [-0.3, -0.25) is 4.79 Å². The molecule has 1 amide bonds. The van der Waals surface area contributed by atoms with E-state index in [4.69, 9.17) is 18.6 Å². The second-order valence-corrected chi connectivity index (χ2v) is 7.28. The van der Waals surface area contributed by atoms with E-state index in [1.54, 1.807) is 29.2 Å². The Morgan fingerprint density at radius 1 is 1.33 bits per heavy atom. The molecule has 0 radical (unpaired) electrons. The van der Waals surface area contributed by atoms with E-state index in [1.165, 1.54) is 6.07 Å². The number of carbonyl (C=O) groups is 1. The number of fused-ring (bicyclic) bond motifs is 1. The number of ether oxygens (including phenoxy) is 3. The first-order valence-corrected chi connectivity index (χ1v) is 9.23. The molecule has 1 spiro atoms. The minimum absolute atomic E-state index is 0.0423. The van der Waals surface area contributed by atoms with Crippen molar-refractivity contribution in [1.29, 1.82) is 0 Å². The summed E-state index contributed by atoms with van der Waals surface area (Å²) in [6, 6.07) is 8.24. The number of morpholine rings is 1. The molecule has 0 aliphatic carbocycles. The predicted octanol–water partition coefficient (Wildman–Crippen LogP) is 1.97. The minimum Gasteiger partial charge on any atom is -0.484 e. The molecule has 144 valence electrons. The maximum absolute atomic E-state index is 12.7. The summed E-state index contributed by atoms with van der Waals surface area (Å²) in [5.41, 5.74) is -0.387. The molecule has 3 heterocycles. The van der Waals surface area contributed by atoms with Crippen LogP contribution in [0.2, 0.25) is 0 Å². The van der Waals surface area contributed by atoms with Crippen molar-refractivity contribution in [2.24, 2.45) is 0 Å². The van der Waals surface area contributed by atoms with Crippen LogP contribution in [0, 0.1) is 0 Å². The fourth-order valence-electron chi connectivity index (χ4n) is 3.83. The molecule has 2 fully saturated rings. The summed E-state index contributed by atoms with van der Waals surface area (Å²) in [7, 11) is 0. The first-order valence-electron chi connectivity index (χ1n) is 9.23. The molecule has 2 atom stereocenters. The maximum Gasteiger partial charge on any atom is 0.336 e. The van der Waals surface area contributed by atoms with Crippen LogP contribution in [0.3, 0.4) is 0 Å². The van der Waals surface area contributed by atoms with Gasteiger partial charge in [0.1, 0.15) is 16.9 Å². The predicted molar refractivity (Wildman–Crippen MR) is 97.9 cm³/mol. The zero-order valence-electron chi connectivity index (χ0n) is 15.3. The van der Waals surface area contributed by atoms with Crippen molar-refractivity contribution >= 4 is 16.9 Å². The van der Waals surface area contributed by atoms with Crippen molar-refractivity contribution < 1.29 is 23.4 Å². The number of rotatable bonds is 3. The van der Waals surface area contributed by atoms with Crippen LogP contribution in [-0.4, -0.2) is 55.4 Å². The van der Waals surface area contributed by atoms with Crippen LogP contribution in [-0.2, 0) is 14.3 Å². The summed E-state index contributed by atoms with van der Waals surface area (Å²) in [5.74, 6) is 0.395. The standard InChI is InChI=1S/C20H23NO6/c1-14-10-21(12-20(27-14)7-2-8-24-13-20)18(22)11-25-16-5-3-15-4-6-19(23)26-17(15)9-16/h3-6,9,14H,2,7-8,10-13H2,1H3/t14-,20-/m1/s1. The van der Waals surface area contributed by atoms with Gasteiger partial charge in [0.25, 0.3) is 5.91 Å². The smallest absolute Gasteiger partial charge is 0.336 e. The lowest BCUT2D eigenvalue weighted by atomic mass is 9.93. The van der Waals surface area contributed by atoms with Gasteiger partial charge in [0.15, 0.2) is 6.61 Å². The Hall–Kier alpha value is -2.38. The van der Waals surface area contributed by atoms with Crippen molar-refractivity contribution in [3.05, 3.63) is 40.8 Å². The second-order valence-electron chi connectivity index (χ2n) is 7.28. The van der Waals surface area contributed by atoms with Crippen LogP contribution in [0.4, 0.5) is 0 Å². The molecule has 2 aliphatic rings. The van der Waals surface area contributed by atoms with Gasteiger partial charge in [0.2, 0.25) is 0 Å². The first kappa shape index (κ1) is 18.0. The molecule has 2 saturated heterocycles. The van der Waals surface area contributed by atoms with Crippen LogP contribution in [0.15, 0.2) is 39.5 Å².